The number of halogens is 2. The summed E-state index contributed by atoms with van der Waals surface area (Å²) in [5, 5.41) is -0.0267. The zero-order valence-corrected chi connectivity index (χ0v) is 11.2. The highest BCUT2D eigenvalue weighted by Crippen LogP contribution is 2.35. The standard InChI is InChI=1S/C14H11ClFNO2/c1-8-5-9(7-18)14(19-2)10(6-8)13-12(16)11(15)3-4-17-13/h3-7H,1-2H3. The highest BCUT2D eigenvalue weighted by atomic mass is 35.5. The summed E-state index contributed by atoms with van der Waals surface area (Å²) in [6.07, 6.45) is 2.07. The minimum absolute atomic E-state index is 0.0267. The van der Waals surface area contributed by atoms with Crippen molar-refractivity contribution in [1.82, 2.24) is 4.98 Å². The summed E-state index contributed by atoms with van der Waals surface area (Å²) in [6, 6.07) is 4.73. The van der Waals surface area contributed by atoms with Gasteiger partial charge in [0.1, 0.15) is 11.4 Å². The summed E-state index contributed by atoms with van der Waals surface area (Å²) in [5.41, 5.74) is 1.62. The Morgan fingerprint density at radius 2 is 2.16 bits per heavy atom. The third kappa shape index (κ3) is 2.44. The molecule has 98 valence electrons. The van der Waals surface area contributed by atoms with E-state index in [2.05, 4.69) is 4.98 Å². The molecule has 0 saturated heterocycles. The number of benzene rings is 1. The van der Waals surface area contributed by atoms with E-state index in [0.717, 1.165) is 5.56 Å². The summed E-state index contributed by atoms with van der Waals surface area (Å²) in [7, 11) is 1.42. The van der Waals surface area contributed by atoms with Gasteiger partial charge in [-0.3, -0.25) is 9.78 Å². The lowest BCUT2D eigenvalue weighted by molar-refractivity contribution is 0.112. The lowest BCUT2D eigenvalue weighted by atomic mass is 10.0. The van der Waals surface area contributed by atoms with Crippen molar-refractivity contribution in [2.75, 3.05) is 7.11 Å². The van der Waals surface area contributed by atoms with Gasteiger partial charge >= 0.3 is 0 Å². The minimum atomic E-state index is -0.634. The molecule has 0 aliphatic carbocycles. The fourth-order valence-corrected chi connectivity index (χ4v) is 2.05. The van der Waals surface area contributed by atoms with E-state index in [1.807, 2.05) is 0 Å². The van der Waals surface area contributed by atoms with Gasteiger partial charge in [0.15, 0.2) is 12.1 Å². The maximum atomic E-state index is 14.0. The molecule has 0 aliphatic rings. The van der Waals surface area contributed by atoms with Crippen LogP contribution in [0.1, 0.15) is 15.9 Å². The Balaban J connectivity index is 2.77. The second kappa shape index (κ2) is 5.36. The summed E-state index contributed by atoms with van der Waals surface area (Å²) in [6.45, 7) is 1.80. The van der Waals surface area contributed by atoms with Crippen molar-refractivity contribution in [2.45, 2.75) is 6.92 Å². The number of aromatic nitrogens is 1. The zero-order chi connectivity index (χ0) is 14.0. The number of carbonyl (C=O) groups excluding carboxylic acids is 1. The maximum absolute atomic E-state index is 14.0. The lowest BCUT2D eigenvalue weighted by Gasteiger charge is -2.12. The summed E-state index contributed by atoms with van der Waals surface area (Å²) in [4.78, 5) is 15.0. The number of methoxy groups -OCH3 is 1. The van der Waals surface area contributed by atoms with Crippen molar-refractivity contribution in [2.24, 2.45) is 0 Å². The monoisotopic (exact) mass is 279 g/mol. The first-order valence-electron chi connectivity index (χ1n) is 5.52. The Bertz CT molecular complexity index is 644. The number of aldehydes is 1. The number of nitrogens with zero attached hydrogens (tertiary/aromatic N) is 1. The van der Waals surface area contributed by atoms with Crippen LogP contribution in [0.4, 0.5) is 4.39 Å². The van der Waals surface area contributed by atoms with Crippen molar-refractivity contribution in [3.8, 4) is 17.0 Å². The smallest absolute Gasteiger partial charge is 0.168 e. The van der Waals surface area contributed by atoms with E-state index in [1.54, 1.807) is 19.1 Å². The van der Waals surface area contributed by atoms with Gasteiger partial charge in [0, 0.05) is 11.8 Å². The first kappa shape index (κ1) is 13.5. The van der Waals surface area contributed by atoms with Gasteiger partial charge in [0.25, 0.3) is 0 Å². The highest BCUT2D eigenvalue weighted by Gasteiger charge is 2.17. The molecule has 2 rings (SSSR count). The molecule has 0 spiro atoms. The van der Waals surface area contributed by atoms with Crippen LogP contribution in [0.3, 0.4) is 0 Å². The molecule has 0 aliphatic heterocycles. The van der Waals surface area contributed by atoms with Gasteiger partial charge in [-0.1, -0.05) is 11.6 Å². The van der Waals surface area contributed by atoms with Gasteiger partial charge in [0.05, 0.1) is 17.7 Å². The van der Waals surface area contributed by atoms with Crippen LogP contribution < -0.4 is 4.74 Å². The van der Waals surface area contributed by atoms with Gasteiger partial charge in [0.2, 0.25) is 0 Å². The van der Waals surface area contributed by atoms with E-state index in [0.29, 0.717) is 17.4 Å². The zero-order valence-electron chi connectivity index (χ0n) is 10.4. The molecule has 0 fully saturated rings. The molecule has 0 amide bonds. The first-order chi connectivity index (χ1) is 9.08. The quantitative estimate of drug-likeness (QED) is 0.805. The van der Waals surface area contributed by atoms with E-state index >= 15 is 0 Å². The third-order valence-corrected chi connectivity index (χ3v) is 2.98. The molecule has 5 heteroatoms. The molecule has 1 aromatic heterocycles. The van der Waals surface area contributed by atoms with Crippen molar-refractivity contribution in [3.63, 3.8) is 0 Å². The predicted octanol–water partition coefficient (Wildman–Crippen LogP) is 3.67. The van der Waals surface area contributed by atoms with Crippen molar-refractivity contribution < 1.29 is 13.9 Å². The van der Waals surface area contributed by atoms with Gasteiger partial charge in [-0.15, -0.1) is 0 Å². The Labute approximate surface area is 115 Å². The van der Waals surface area contributed by atoms with Crippen LogP contribution in [0.25, 0.3) is 11.3 Å². The van der Waals surface area contributed by atoms with E-state index in [9.17, 15) is 9.18 Å². The first-order valence-corrected chi connectivity index (χ1v) is 5.90. The minimum Gasteiger partial charge on any atom is -0.495 e. The van der Waals surface area contributed by atoms with Crippen LogP contribution >= 0.6 is 11.6 Å². The number of carbonyl (C=O) groups is 1. The van der Waals surface area contributed by atoms with Gasteiger partial charge in [-0.25, -0.2) is 4.39 Å². The molecule has 19 heavy (non-hydrogen) atoms. The van der Waals surface area contributed by atoms with Crippen LogP contribution in [-0.2, 0) is 0 Å². The fourth-order valence-electron chi connectivity index (χ4n) is 1.90. The van der Waals surface area contributed by atoms with Crippen LogP contribution in [0.15, 0.2) is 24.4 Å². The number of aryl methyl sites for hydroxylation is 1. The summed E-state index contributed by atoms with van der Waals surface area (Å²) >= 11 is 5.75. The molecular formula is C14H11ClFNO2. The Kier molecular flexibility index (Phi) is 3.81. The lowest BCUT2D eigenvalue weighted by Crippen LogP contribution is -1.98. The number of rotatable bonds is 3. The van der Waals surface area contributed by atoms with Crippen molar-refractivity contribution >= 4 is 17.9 Å². The van der Waals surface area contributed by atoms with Crippen LogP contribution in [-0.4, -0.2) is 18.4 Å². The average molecular weight is 280 g/mol. The molecule has 0 bridgehead atoms. The molecule has 0 saturated carbocycles. The van der Waals surface area contributed by atoms with Crippen molar-refractivity contribution in [3.05, 3.63) is 46.4 Å². The highest BCUT2D eigenvalue weighted by molar-refractivity contribution is 6.31. The molecule has 0 radical (unpaired) electrons. The van der Waals surface area contributed by atoms with Crippen LogP contribution in [0, 0.1) is 12.7 Å². The molecule has 0 atom stereocenters. The Hall–Kier alpha value is -1.94. The van der Waals surface area contributed by atoms with E-state index in [4.69, 9.17) is 16.3 Å². The normalized spacial score (nSPS) is 10.3. The second-order valence-electron chi connectivity index (χ2n) is 4.01. The second-order valence-corrected chi connectivity index (χ2v) is 4.42. The summed E-state index contributed by atoms with van der Waals surface area (Å²) < 4.78 is 19.2. The Morgan fingerprint density at radius 1 is 1.42 bits per heavy atom. The number of ether oxygens (including phenoxy) is 1. The van der Waals surface area contributed by atoms with Gasteiger partial charge in [-0.05, 0) is 30.7 Å². The molecular weight excluding hydrogens is 269 g/mol. The molecule has 3 nitrogen and oxygen atoms in total. The topological polar surface area (TPSA) is 39.2 Å². The fraction of sp³-hybridized carbons (Fsp3) is 0.143. The van der Waals surface area contributed by atoms with Gasteiger partial charge < -0.3 is 4.74 Å². The Morgan fingerprint density at radius 3 is 2.79 bits per heavy atom. The molecule has 0 N–H and O–H groups in total. The number of pyridine rings is 1. The van der Waals surface area contributed by atoms with E-state index in [-0.39, 0.29) is 16.5 Å². The van der Waals surface area contributed by atoms with E-state index < -0.39 is 5.82 Å². The van der Waals surface area contributed by atoms with Crippen LogP contribution in [0.5, 0.6) is 5.75 Å². The van der Waals surface area contributed by atoms with Crippen molar-refractivity contribution in [1.29, 1.82) is 0 Å². The largest absolute Gasteiger partial charge is 0.495 e. The average Bonchev–Trinajstić information content (AvgIpc) is 2.40. The third-order valence-electron chi connectivity index (χ3n) is 2.69. The predicted molar refractivity (Wildman–Crippen MR) is 71.3 cm³/mol. The molecule has 1 heterocycles. The number of hydrogen-bond donors (Lipinski definition) is 0. The van der Waals surface area contributed by atoms with Gasteiger partial charge in [-0.2, -0.15) is 0 Å². The molecule has 2 aromatic rings. The maximum Gasteiger partial charge on any atom is 0.168 e. The van der Waals surface area contributed by atoms with Crippen LogP contribution in [0.2, 0.25) is 5.02 Å². The summed E-state index contributed by atoms with van der Waals surface area (Å²) in [5.74, 6) is -0.348. The molecule has 1 aromatic carbocycles. The SMILES string of the molecule is COc1c(C=O)cc(C)cc1-c1nccc(Cl)c1F. The molecule has 0 unspecified atom stereocenters. The van der Waals surface area contributed by atoms with E-state index in [1.165, 1.54) is 19.4 Å². The number of hydrogen-bond acceptors (Lipinski definition) is 3.